The number of hydrogen-bond acceptors (Lipinski definition) is 2. The molecule has 0 aromatic heterocycles. The fourth-order valence-corrected chi connectivity index (χ4v) is 2.01. The molecule has 2 N–H and O–H groups in total. The van der Waals surface area contributed by atoms with Crippen LogP contribution < -0.4 is 5.32 Å². The van der Waals surface area contributed by atoms with E-state index in [0.717, 1.165) is 18.4 Å². The summed E-state index contributed by atoms with van der Waals surface area (Å²) < 4.78 is 13.0. The summed E-state index contributed by atoms with van der Waals surface area (Å²) in [6.45, 7) is 5.72. The van der Waals surface area contributed by atoms with Crippen LogP contribution in [-0.4, -0.2) is 23.2 Å². The van der Waals surface area contributed by atoms with Gasteiger partial charge < -0.3 is 10.4 Å². The Morgan fingerprint density at radius 2 is 2.05 bits per heavy atom. The topological polar surface area (TPSA) is 49.3 Å². The van der Waals surface area contributed by atoms with Crippen molar-refractivity contribution in [1.29, 1.82) is 0 Å². The molecule has 1 aromatic carbocycles. The summed E-state index contributed by atoms with van der Waals surface area (Å²) >= 11 is 0. The van der Waals surface area contributed by atoms with E-state index < -0.39 is 12.0 Å². The highest BCUT2D eigenvalue weighted by Gasteiger charge is 2.22. The molecule has 106 valence electrons. The van der Waals surface area contributed by atoms with Crippen LogP contribution in [0.2, 0.25) is 0 Å². The van der Waals surface area contributed by atoms with E-state index in [1.807, 2.05) is 26.8 Å². The van der Waals surface area contributed by atoms with E-state index >= 15 is 0 Å². The van der Waals surface area contributed by atoms with Gasteiger partial charge in [-0.05, 0) is 43.4 Å². The van der Waals surface area contributed by atoms with Gasteiger partial charge in [-0.15, -0.1) is 0 Å². The molecule has 3 nitrogen and oxygen atoms in total. The summed E-state index contributed by atoms with van der Waals surface area (Å²) in [7, 11) is 0. The van der Waals surface area contributed by atoms with Crippen molar-refractivity contribution < 1.29 is 14.3 Å². The average Bonchev–Trinajstić information content (AvgIpc) is 2.32. The Labute approximate surface area is 113 Å². The van der Waals surface area contributed by atoms with Gasteiger partial charge in [-0.1, -0.05) is 26.0 Å². The number of hydrogen-bond donors (Lipinski definition) is 2. The van der Waals surface area contributed by atoms with E-state index in [1.54, 1.807) is 6.07 Å². The Hall–Kier alpha value is -1.42. The summed E-state index contributed by atoms with van der Waals surface area (Å²) in [5, 5.41) is 12.2. The van der Waals surface area contributed by atoms with Crippen molar-refractivity contribution in [3.8, 4) is 0 Å². The molecule has 0 saturated heterocycles. The van der Waals surface area contributed by atoms with Gasteiger partial charge in [-0.25, -0.2) is 4.39 Å². The molecule has 19 heavy (non-hydrogen) atoms. The van der Waals surface area contributed by atoms with Crippen molar-refractivity contribution in [2.24, 2.45) is 5.92 Å². The zero-order chi connectivity index (χ0) is 14.4. The summed E-state index contributed by atoms with van der Waals surface area (Å²) in [5.41, 5.74) is 0.935. The predicted molar refractivity (Wildman–Crippen MR) is 73.6 cm³/mol. The molecule has 0 aliphatic rings. The van der Waals surface area contributed by atoms with Crippen molar-refractivity contribution in [2.75, 3.05) is 0 Å². The molecular weight excluding hydrogens is 245 g/mol. The second-order valence-corrected chi connectivity index (χ2v) is 5.30. The first-order valence-electron chi connectivity index (χ1n) is 6.63. The van der Waals surface area contributed by atoms with Gasteiger partial charge in [0.2, 0.25) is 0 Å². The SMILES string of the molecule is CC(CCc1cccc(F)c1)N[C@@H](C(=O)O)C(C)C. The van der Waals surface area contributed by atoms with Gasteiger partial charge in [0, 0.05) is 6.04 Å². The lowest BCUT2D eigenvalue weighted by molar-refractivity contribution is -0.140. The standard InChI is InChI=1S/C15H22FNO2/c1-10(2)14(15(18)19)17-11(3)7-8-12-5-4-6-13(16)9-12/h4-6,9-11,14,17H,7-8H2,1-3H3,(H,18,19)/t11?,14-/m1/s1. The van der Waals surface area contributed by atoms with Gasteiger partial charge in [0.05, 0.1) is 0 Å². The molecule has 0 amide bonds. The molecule has 1 aromatic rings. The lowest BCUT2D eigenvalue weighted by Crippen LogP contribution is -2.45. The number of aryl methyl sites for hydroxylation is 1. The van der Waals surface area contributed by atoms with E-state index in [2.05, 4.69) is 5.32 Å². The summed E-state index contributed by atoms with van der Waals surface area (Å²) in [4.78, 5) is 11.1. The van der Waals surface area contributed by atoms with Crippen LogP contribution in [0.3, 0.4) is 0 Å². The van der Waals surface area contributed by atoms with Crippen LogP contribution in [0.4, 0.5) is 4.39 Å². The molecule has 0 saturated carbocycles. The monoisotopic (exact) mass is 267 g/mol. The maximum Gasteiger partial charge on any atom is 0.320 e. The third-order valence-electron chi connectivity index (χ3n) is 3.15. The minimum atomic E-state index is -0.826. The number of halogens is 1. The van der Waals surface area contributed by atoms with Crippen LogP contribution in [-0.2, 0) is 11.2 Å². The highest BCUT2D eigenvalue weighted by Crippen LogP contribution is 2.09. The number of carboxylic acids is 1. The first-order valence-corrected chi connectivity index (χ1v) is 6.63. The predicted octanol–water partition coefficient (Wildman–Crippen LogP) is 2.85. The summed E-state index contributed by atoms with van der Waals surface area (Å²) in [5.74, 6) is -1.02. The minimum absolute atomic E-state index is 0.0362. The Bertz CT molecular complexity index is 420. The highest BCUT2D eigenvalue weighted by atomic mass is 19.1. The van der Waals surface area contributed by atoms with Gasteiger partial charge in [0.25, 0.3) is 0 Å². The van der Waals surface area contributed by atoms with Crippen LogP contribution in [0.15, 0.2) is 24.3 Å². The van der Waals surface area contributed by atoms with Gasteiger partial charge in [0.1, 0.15) is 11.9 Å². The van der Waals surface area contributed by atoms with Crippen molar-refractivity contribution in [3.05, 3.63) is 35.6 Å². The van der Waals surface area contributed by atoms with E-state index in [4.69, 9.17) is 5.11 Å². The van der Waals surface area contributed by atoms with E-state index in [9.17, 15) is 9.18 Å². The van der Waals surface area contributed by atoms with Gasteiger partial charge in [-0.3, -0.25) is 4.79 Å². The number of benzene rings is 1. The number of carbonyl (C=O) groups is 1. The first kappa shape index (κ1) is 15.6. The Morgan fingerprint density at radius 1 is 1.37 bits per heavy atom. The molecule has 0 bridgehead atoms. The molecule has 0 aliphatic carbocycles. The number of carboxylic acid groups (broad SMARTS) is 1. The second-order valence-electron chi connectivity index (χ2n) is 5.30. The third-order valence-corrected chi connectivity index (χ3v) is 3.15. The van der Waals surface area contributed by atoms with Gasteiger partial charge >= 0.3 is 5.97 Å². The largest absolute Gasteiger partial charge is 0.480 e. The number of nitrogens with one attached hydrogen (secondary N) is 1. The Morgan fingerprint density at radius 3 is 2.58 bits per heavy atom. The number of rotatable bonds is 7. The quantitative estimate of drug-likeness (QED) is 0.798. The highest BCUT2D eigenvalue weighted by molar-refractivity contribution is 5.73. The van der Waals surface area contributed by atoms with Crippen molar-refractivity contribution in [1.82, 2.24) is 5.32 Å². The van der Waals surface area contributed by atoms with Crippen LogP contribution in [0.5, 0.6) is 0 Å². The van der Waals surface area contributed by atoms with Crippen LogP contribution in [0, 0.1) is 11.7 Å². The fraction of sp³-hybridized carbons (Fsp3) is 0.533. The van der Waals surface area contributed by atoms with Gasteiger partial charge in [-0.2, -0.15) is 0 Å². The molecular formula is C15H22FNO2. The van der Waals surface area contributed by atoms with Crippen LogP contribution in [0.25, 0.3) is 0 Å². The van der Waals surface area contributed by atoms with E-state index in [-0.39, 0.29) is 17.8 Å². The summed E-state index contributed by atoms with van der Waals surface area (Å²) in [6.07, 6.45) is 1.51. The normalized spacial score (nSPS) is 14.4. The van der Waals surface area contributed by atoms with Crippen molar-refractivity contribution >= 4 is 5.97 Å². The van der Waals surface area contributed by atoms with Crippen molar-refractivity contribution in [2.45, 2.75) is 45.7 Å². The second kappa shape index (κ2) is 7.24. The molecule has 0 fully saturated rings. The maximum atomic E-state index is 13.0. The third kappa shape index (κ3) is 5.39. The first-order chi connectivity index (χ1) is 8.90. The summed E-state index contributed by atoms with van der Waals surface area (Å²) in [6, 6.07) is 6.05. The lowest BCUT2D eigenvalue weighted by Gasteiger charge is -2.23. The lowest BCUT2D eigenvalue weighted by atomic mass is 10.0. The molecule has 0 radical (unpaired) electrons. The maximum absolute atomic E-state index is 13.0. The van der Waals surface area contributed by atoms with E-state index in [1.165, 1.54) is 12.1 Å². The molecule has 0 spiro atoms. The van der Waals surface area contributed by atoms with Crippen LogP contribution >= 0.6 is 0 Å². The van der Waals surface area contributed by atoms with E-state index in [0.29, 0.717) is 0 Å². The molecule has 0 aliphatic heterocycles. The molecule has 1 unspecified atom stereocenters. The molecule has 4 heteroatoms. The Balaban J connectivity index is 2.47. The number of aliphatic carboxylic acids is 1. The molecule has 2 atom stereocenters. The zero-order valence-electron chi connectivity index (χ0n) is 11.7. The average molecular weight is 267 g/mol. The van der Waals surface area contributed by atoms with Crippen LogP contribution in [0.1, 0.15) is 32.8 Å². The van der Waals surface area contributed by atoms with Gasteiger partial charge in [0.15, 0.2) is 0 Å². The molecule has 0 heterocycles. The Kier molecular flexibility index (Phi) is 5.96. The zero-order valence-corrected chi connectivity index (χ0v) is 11.7. The molecule has 1 rings (SSSR count). The van der Waals surface area contributed by atoms with Crippen molar-refractivity contribution in [3.63, 3.8) is 0 Å². The smallest absolute Gasteiger partial charge is 0.320 e. The minimum Gasteiger partial charge on any atom is -0.480 e. The fourth-order valence-electron chi connectivity index (χ4n) is 2.01.